The molecule has 0 amide bonds. The van der Waals surface area contributed by atoms with Crippen LogP contribution in [0.25, 0.3) is 0 Å². The Kier molecular flexibility index (Phi) is 7.34. The molecule has 10 unspecified atom stereocenters. The third kappa shape index (κ3) is 4.13. The number of hydrogen-bond acceptors (Lipinski definition) is 5. The number of carbonyl (C=O) groups excluding carboxylic acids is 2. The normalized spacial score (nSPS) is 39.8. The van der Waals surface area contributed by atoms with Crippen molar-refractivity contribution in [2.75, 3.05) is 14.2 Å². The van der Waals surface area contributed by atoms with Crippen LogP contribution in [0.4, 0.5) is 0 Å². The molecule has 42 heavy (non-hydrogen) atoms. The van der Waals surface area contributed by atoms with E-state index >= 15 is 0 Å². The fraction of sp³-hybridized carbons (Fsp3) is 0.576. The molecule has 0 aromatic heterocycles. The van der Waals surface area contributed by atoms with E-state index in [4.69, 9.17) is 55.9 Å². The molecule has 2 aromatic rings. The number of ether oxygens (including phenoxy) is 2. The molecule has 224 valence electrons. The molecule has 2 aromatic carbocycles. The second kappa shape index (κ2) is 10.5. The largest absolute Gasteiger partial charge is 0.469 e. The van der Waals surface area contributed by atoms with Crippen LogP contribution in [-0.4, -0.2) is 38.2 Å². The van der Waals surface area contributed by atoms with Gasteiger partial charge in [-0.1, -0.05) is 58.5 Å². The van der Waals surface area contributed by atoms with Gasteiger partial charge in [0.25, 0.3) is 0 Å². The molecule has 6 fully saturated rings. The van der Waals surface area contributed by atoms with Gasteiger partial charge in [0.1, 0.15) is 0 Å². The van der Waals surface area contributed by atoms with E-state index in [2.05, 4.69) is 5.32 Å². The lowest BCUT2D eigenvalue weighted by molar-refractivity contribution is -0.163. The van der Waals surface area contributed by atoms with Crippen molar-refractivity contribution in [1.82, 2.24) is 5.32 Å². The topological polar surface area (TPSA) is 64.6 Å². The van der Waals surface area contributed by atoms with Crippen LogP contribution in [0.1, 0.15) is 67.9 Å². The van der Waals surface area contributed by atoms with Crippen molar-refractivity contribution in [1.29, 1.82) is 0 Å². The molecule has 2 spiro atoms. The number of piperidine rings is 1. The third-order valence-electron chi connectivity index (χ3n) is 12.2. The maximum Gasteiger partial charge on any atom is 0.310 e. The zero-order valence-corrected chi connectivity index (χ0v) is 26.7. The van der Waals surface area contributed by atoms with Crippen molar-refractivity contribution < 1.29 is 19.1 Å². The van der Waals surface area contributed by atoms with E-state index in [1.807, 2.05) is 36.4 Å². The third-order valence-corrected chi connectivity index (χ3v) is 13.7. The SMILES string of the molecule is COC(=O)C1C(c2ccc(Cl)c(Cl)c2)CC23CCC2CC13.COC(=O)C1C(c2ccc(Cl)c(Cl)c2)CC23CCC2NC13. The van der Waals surface area contributed by atoms with E-state index < -0.39 is 0 Å². The first kappa shape index (κ1) is 29.2. The second-order valence-corrected chi connectivity index (χ2v) is 15.0. The van der Waals surface area contributed by atoms with E-state index in [-0.39, 0.29) is 41.7 Å². The van der Waals surface area contributed by atoms with Crippen LogP contribution in [0.2, 0.25) is 20.1 Å². The van der Waals surface area contributed by atoms with Crippen LogP contribution in [-0.2, 0) is 19.1 Å². The maximum atomic E-state index is 12.3. The molecule has 1 N–H and O–H groups in total. The maximum absolute atomic E-state index is 12.3. The summed E-state index contributed by atoms with van der Waals surface area (Å²) in [6.07, 6.45) is 8.36. The summed E-state index contributed by atoms with van der Waals surface area (Å²) in [5.74, 6) is 1.42. The lowest BCUT2D eigenvalue weighted by atomic mass is 9.42. The highest BCUT2D eigenvalue weighted by Gasteiger charge is 2.70. The number of rotatable bonds is 4. The van der Waals surface area contributed by atoms with Gasteiger partial charge in [0.2, 0.25) is 0 Å². The first-order valence-electron chi connectivity index (χ1n) is 14.9. The van der Waals surface area contributed by atoms with E-state index in [0.717, 1.165) is 29.9 Å². The van der Waals surface area contributed by atoms with Crippen molar-refractivity contribution in [3.05, 3.63) is 67.6 Å². The number of methoxy groups -OCH3 is 2. The van der Waals surface area contributed by atoms with Gasteiger partial charge in [0.15, 0.2) is 0 Å². The molecule has 8 rings (SSSR count). The Bertz CT molecular complexity index is 1340. The Morgan fingerprint density at radius 1 is 0.762 bits per heavy atom. The van der Waals surface area contributed by atoms with E-state index in [1.54, 1.807) is 0 Å². The lowest BCUT2D eigenvalue weighted by Crippen LogP contribution is -2.75. The molecule has 5 nitrogen and oxygen atoms in total. The van der Waals surface area contributed by atoms with Gasteiger partial charge in [0, 0.05) is 17.5 Å². The molecule has 10 atom stereocenters. The molecule has 5 saturated carbocycles. The predicted molar refractivity (Wildman–Crippen MR) is 164 cm³/mol. The highest BCUT2D eigenvalue weighted by Crippen LogP contribution is 2.76. The standard InChI is InChI=1S/C17H18Cl2O2.C16H17Cl2NO2/c1-21-16(20)15-11(9-2-3-13(18)14(19)6-9)8-17-5-4-10(17)7-12(15)17;1-21-15(20)13-9(8-2-3-10(17)11(18)6-8)7-16-5-4-12(16)19-14(13)16/h2-3,6,10-12,15H,4-5,7-8H2,1H3;2-3,6,9,12-14,19H,4-5,7H2,1H3. The minimum atomic E-state index is -0.121. The molecule has 1 aliphatic heterocycles. The van der Waals surface area contributed by atoms with Crippen LogP contribution in [0, 0.1) is 34.5 Å². The summed E-state index contributed by atoms with van der Waals surface area (Å²) in [6, 6.07) is 12.3. The summed E-state index contributed by atoms with van der Waals surface area (Å²) in [5.41, 5.74) is 2.94. The Morgan fingerprint density at radius 3 is 1.76 bits per heavy atom. The van der Waals surface area contributed by atoms with Crippen molar-refractivity contribution in [3.8, 4) is 0 Å². The van der Waals surface area contributed by atoms with Crippen LogP contribution in [0.5, 0.6) is 0 Å². The Labute approximate surface area is 266 Å². The lowest BCUT2D eigenvalue weighted by Gasteiger charge is -2.62. The monoisotopic (exact) mass is 649 g/mol. The first-order valence-corrected chi connectivity index (χ1v) is 16.5. The average molecular weight is 651 g/mol. The number of esters is 2. The zero-order chi connectivity index (χ0) is 29.6. The van der Waals surface area contributed by atoms with Gasteiger partial charge < -0.3 is 14.8 Å². The quantitative estimate of drug-likeness (QED) is 0.339. The van der Waals surface area contributed by atoms with Crippen molar-refractivity contribution >= 4 is 58.3 Å². The van der Waals surface area contributed by atoms with Crippen LogP contribution in [0.15, 0.2) is 36.4 Å². The Balaban J connectivity index is 0.000000137. The molecule has 0 radical (unpaired) electrons. The molecule has 9 heteroatoms. The number of hydrogen-bond donors (Lipinski definition) is 1. The smallest absolute Gasteiger partial charge is 0.310 e. The van der Waals surface area contributed by atoms with Gasteiger partial charge in [0.05, 0.1) is 46.1 Å². The molecule has 5 aliphatic carbocycles. The van der Waals surface area contributed by atoms with Gasteiger partial charge in [-0.3, -0.25) is 9.59 Å². The van der Waals surface area contributed by atoms with Crippen molar-refractivity contribution in [3.63, 3.8) is 0 Å². The molecule has 6 aliphatic rings. The number of benzene rings is 2. The minimum absolute atomic E-state index is 0.0104. The van der Waals surface area contributed by atoms with Crippen molar-refractivity contribution in [2.24, 2.45) is 34.5 Å². The minimum Gasteiger partial charge on any atom is -0.469 e. The van der Waals surface area contributed by atoms with E-state index in [1.165, 1.54) is 46.3 Å². The summed E-state index contributed by atoms with van der Waals surface area (Å²) in [6.45, 7) is 0. The Hall–Kier alpha value is -1.50. The van der Waals surface area contributed by atoms with Crippen LogP contribution < -0.4 is 5.32 Å². The molecular weight excluding hydrogens is 616 g/mol. The summed E-state index contributed by atoms with van der Waals surface area (Å²) in [4.78, 5) is 24.6. The molecular formula is C33H35Cl4NO4. The highest BCUT2D eigenvalue weighted by molar-refractivity contribution is 6.42. The summed E-state index contributed by atoms with van der Waals surface area (Å²) < 4.78 is 10.2. The fourth-order valence-electron chi connectivity index (χ4n) is 9.89. The summed E-state index contributed by atoms with van der Waals surface area (Å²) in [5, 5.41) is 5.80. The van der Waals surface area contributed by atoms with Gasteiger partial charge in [-0.15, -0.1) is 0 Å². The first-order chi connectivity index (χ1) is 20.1. The number of carbonyl (C=O) groups is 2. The molecule has 1 saturated heterocycles. The van der Waals surface area contributed by atoms with E-state index in [0.29, 0.717) is 42.9 Å². The van der Waals surface area contributed by atoms with Gasteiger partial charge in [-0.2, -0.15) is 0 Å². The number of nitrogens with one attached hydrogen (secondary N) is 1. The predicted octanol–water partition coefficient (Wildman–Crippen LogP) is 8.08. The molecule has 0 bridgehead atoms. The van der Waals surface area contributed by atoms with Gasteiger partial charge >= 0.3 is 11.9 Å². The van der Waals surface area contributed by atoms with Gasteiger partial charge in [-0.25, -0.2) is 0 Å². The van der Waals surface area contributed by atoms with Gasteiger partial charge in [-0.05, 0) is 109 Å². The highest BCUT2D eigenvalue weighted by atomic mass is 35.5. The van der Waals surface area contributed by atoms with Crippen molar-refractivity contribution in [2.45, 2.75) is 68.9 Å². The van der Waals surface area contributed by atoms with Crippen LogP contribution >= 0.6 is 46.4 Å². The Morgan fingerprint density at radius 2 is 1.31 bits per heavy atom. The second-order valence-electron chi connectivity index (χ2n) is 13.3. The van der Waals surface area contributed by atoms with Crippen LogP contribution in [0.3, 0.4) is 0 Å². The fourth-order valence-corrected chi connectivity index (χ4v) is 10.5. The molecule has 1 heterocycles. The number of halogens is 4. The average Bonchev–Trinajstić information content (AvgIpc) is 3.48. The summed E-state index contributed by atoms with van der Waals surface area (Å²) >= 11 is 24.4. The van der Waals surface area contributed by atoms with E-state index in [9.17, 15) is 9.59 Å². The zero-order valence-electron chi connectivity index (χ0n) is 23.7. The summed E-state index contributed by atoms with van der Waals surface area (Å²) in [7, 11) is 2.96.